The summed E-state index contributed by atoms with van der Waals surface area (Å²) in [4.78, 5) is 14.8. The van der Waals surface area contributed by atoms with Gasteiger partial charge in [0, 0.05) is 5.69 Å². The molecule has 0 saturated carbocycles. The van der Waals surface area contributed by atoms with E-state index in [9.17, 15) is 4.79 Å². The van der Waals surface area contributed by atoms with Crippen molar-refractivity contribution in [2.75, 3.05) is 16.8 Å². The van der Waals surface area contributed by atoms with Gasteiger partial charge in [0.1, 0.15) is 23.3 Å². The van der Waals surface area contributed by atoms with Crippen LogP contribution in [0.3, 0.4) is 0 Å². The molecule has 0 aliphatic carbocycles. The average Bonchev–Trinajstić information content (AvgIpc) is 2.60. The Hall–Kier alpha value is -3.03. The predicted octanol–water partition coefficient (Wildman–Crippen LogP) is 2.12. The quantitative estimate of drug-likeness (QED) is 0.810. The molecule has 1 heterocycles. The first-order valence-corrected chi connectivity index (χ1v) is 8.23. The first kappa shape index (κ1) is 17.3. The number of aryl methyl sites for hydroxylation is 1. The van der Waals surface area contributed by atoms with E-state index in [-0.39, 0.29) is 28.6 Å². The van der Waals surface area contributed by atoms with Crippen molar-refractivity contribution < 1.29 is 9.78 Å². The summed E-state index contributed by atoms with van der Waals surface area (Å²) in [6.45, 7) is 2.07. The summed E-state index contributed by atoms with van der Waals surface area (Å²) in [5.41, 5.74) is 8.12. The van der Waals surface area contributed by atoms with Crippen molar-refractivity contribution in [3.8, 4) is 12.1 Å². The molecule has 1 amide bonds. The van der Waals surface area contributed by atoms with Crippen LogP contribution < -0.4 is 16.0 Å². The summed E-state index contributed by atoms with van der Waals surface area (Å²) < 4.78 is 0. The number of nitrogens with one attached hydrogen (secondary N) is 2. The molecule has 0 bridgehead atoms. The molecule has 120 valence electrons. The SMILES string of the molecule is CCc1ccc(NC(=O)CSc2[nH+]c(N)c(C#N)cc2C#N)cc1. The lowest BCUT2D eigenvalue weighted by molar-refractivity contribution is -0.410. The molecule has 0 aliphatic rings. The molecular formula is C17H16N5OS+. The number of benzene rings is 1. The Kier molecular flexibility index (Phi) is 5.78. The zero-order chi connectivity index (χ0) is 17.5. The van der Waals surface area contributed by atoms with E-state index in [1.54, 1.807) is 0 Å². The number of carbonyl (C=O) groups is 1. The van der Waals surface area contributed by atoms with Gasteiger partial charge >= 0.3 is 0 Å². The number of amides is 1. The number of aromatic nitrogens is 1. The van der Waals surface area contributed by atoms with E-state index >= 15 is 0 Å². The fourth-order valence-electron chi connectivity index (χ4n) is 1.99. The molecule has 0 atom stereocenters. The third-order valence-corrected chi connectivity index (χ3v) is 4.32. The maximum atomic E-state index is 12.0. The van der Waals surface area contributed by atoms with Crippen molar-refractivity contribution in [2.45, 2.75) is 18.4 Å². The van der Waals surface area contributed by atoms with Gasteiger partial charge in [-0.2, -0.15) is 10.5 Å². The molecule has 7 heteroatoms. The summed E-state index contributed by atoms with van der Waals surface area (Å²) >= 11 is 1.16. The largest absolute Gasteiger partial charge is 0.325 e. The van der Waals surface area contributed by atoms with Crippen LogP contribution >= 0.6 is 11.8 Å². The molecule has 0 fully saturated rings. The molecule has 24 heavy (non-hydrogen) atoms. The first-order chi connectivity index (χ1) is 11.6. The molecule has 6 nitrogen and oxygen atoms in total. The number of hydrogen-bond donors (Lipinski definition) is 2. The monoisotopic (exact) mass is 338 g/mol. The highest BCUT2D eigenvalue weighted by atomic mass is 32.2. The number of thioether (sulfide) groups is 1. The van der Waals surface area contributed by atoms with Gasteiger partial charge < -0.3 is 5.32 Å². The second-order valence-corrected chi connectivity index (χ2v) is 5.94. The Morgan fingerprint density at radius 2 is 1.92 bits per heavy atom. The fourth-order valence-corrected chi connectivity index (χ4v) is 2.78. The van der Waals surface area contributed by atoms with Crippen molar-refractivity contribution in [3.63, 3.8) is 0 Å². The first-order valence-electron chi connectivity index (χ1n) is 7.25. The number of anilines is 2. The number of aromatic amines is 1. The number of nitrogens with two attached hydrogens (primary N) is 1. The van der Waals surface area contributed by atoms with Crippen molar-refractivity contribution in [2.24, 2.45) is 0 Å². The van der Waals surface area contributed by atoms with Crippen molar-refractivity contribution in [1.29, 1.82) is 10.5 Å². The third kappa shape index (κ3) is 4.25. The fraction of sp³-hybridized carbons (Fsp3) is 0.176. The number of hydrogen-bond acceptors (Lipinski definition) is 5. The average molecular weight is 338 g/mol. The topological polar surface area (TPSA) is 117 Å². The van der Waals surface area contributed by atoms with Gasteiger partial charge in [0.05, 0.1) is 5.75 Å². The third-order valence-electron chi connectivity index (χ3n) is 3.31. The molecule has 2 rings (SSSR count). The van der Waals surface area contributed by atoms with Crippen LogP contribution in [-0.4, -0.2) is 11.7 Å². The summed E-state index contributed by atoms with van der Waals surface area (Å²) in [7, 11) is 0. The Balaban J connectivity index is 2.02. The van der Waals surface area contributed by atoms with Gasteiger partial charge in [0.25, 0.3) is 5.82 Å². The highest BCUT2D eigenvalue weighted by Crippen LogP contribution is 2.20. The van der Waals surface area contributed by atoms with Gasteiger partial charge in [0.2, 0.25) is 5.91 Å². The van der Waals surface area contributed by atoms with E-state index in [0.717, 1.165) is 23.9 Å². The normalized spacial score (nSPS) is 9.79. The van der Waals surface area contributed by atoms with Gasteiger partial charge in [-0.05, 0) is 30.2 Å². The van der Waals surface area contributed by atoms with Gasteiger partial charge in [-0.1, -0.05) is 30.8 Å². The Bertz CT molecular complexity index is 834. The van der Waals surface area contributed by atoms with Crippen LogP contribution in [0, 0.1) is 22.7 Å². The summed E-state index contributed by atoms with van der Waals surface area (Å²) in [6, 6.07) is 13.0. The van der Waals surface area contributed by atoms with E-state index in [0.29, 0.717) is 5.03 Å². The smallest absolute Gasteiger partial charge is 0.289 e. The van der Waals surface area contributed by atoms with Crippen LogP contribution in [0.2, 0.25) is 0 Å². The number of H-pyrrole nitrogens is 1. The lowest BCUT2D eigenvalue weighted by Crippen LogP contribution is -2.19. The van der Waals surface area contributed by atoms with Crippen LogP contribution in [0.25, 0.3) is 0 Å². The van der Waals surface area contributed by atoms with Crippen LogP contribution in [0.5, 0.6) is 0 Å². The second kappa shape index (κ2) is 8.00. The minimum atomic E-state index is -0.190. The summed E-state index contributed by atoms with van der Waals surface area (Å²) in [6.07, 6.45) is 0.941. The van der Waals surface area contributed by atoms with Gasteiger partial charge in [-0.25, -0.2) is 4.98 Å². The highest BCUT2D eigenvalue weighted by Gasteiger charge is 2.16. The van der Waals surface area contributed by atoms with Crippen LogP contribution in [0.15, 0.2) is 35.4 Å². The second-order valence-electron chi connectivity index (χ2n) is 4.95. The van der Waals surface area contributed by atoms with E-state index in [1.165, 1.54) is 11.6 Å². The van der Waals surface area contributed by atoms with Gasteiger partial charge in [-0.3, -0.25) is 10.5 Å². The maximum Gasteiger partial charge on any atom is 0.289 e. The number of nitrogens with zero attached hydrogens (tertiary/aromatic N) is 2. The van der Waals surface area contributed by atoms with Crippen molar-refractivity contribution >= 4 is 29.2 Å². The molecule has 0 radical (unpaired) electrons. The molecule has 4 N–H and O–H groups in total. The highest BCUT2D eigenvalue weighted by molar-refractivity contribution is 7.99. The number of nitriles is 2. The molecule has 0 saturated heterocycles. The Morgan fingerprint density at radius 3 is 2.50 bits per heavy atom. The lowest BCUT2D eigenvalue weighted by Gasteiger charge is -2.06. The number of nitrogen functional groups attached to an aromatic ring is 1. The minimum Gasteiger partial charge on any atom is -0.325 e. The molecule has 0 unspecified atom stereocenters. The van der Waals surface area contributed by atoms with Crippen molar-refractivity contribution in [3.05, 3.63) is 47.0 Å². The van der Waals surface area contributed by atoms with Crippen molar-refractivity contribution in [1.82, 2.24) is 0 Å². The number of rotatable bonds is 5. The summed E-state index contributed by atoms with van der Waals surface area (Å²) in [5.74, 6) is 0.102. The molecule has 1 aromatic heterocycles. The predicted molar refractivity (Wildman–Crippen MR) is 92.0 cm³/mol. The molecule has 1 aromatic carbocycles. The summed E-state index contributed by atoms with van der Waals surface area (Å²) in [5, 5.41) is 21.3. The van der Waals surface area contributed by atoms with E-state index < -0.39 is 0 Å². The maximum absolute atomic E-state index is 12.0. The molecular weight excluding hydrogens is 322 g/mol. The van der Waals surface area contributed by atoms with E-state index in [4.69, 9.17) is 16.3 Å². The zero-order valence-corrected chi connectivity index (χ0v) is 13.9. The standard InChI is InChI=1S/C17H15N5OS/c1-2-11-3-5-14(6-4-11)21-15(23)10-24-17-13(9-19)7-12(8-18)16(20)22-17/h3-7H,2,10H2,1H3,(H2,20,22)(H,21,23)/p+1. The molecule has 2 aromatic rings. The van der Waals surface area contributed by atoms with E-state index in [2.05, 4.69) is 17.2 Å². The van der Waals surface area contributed by atoms with E-state index in [1.807, 2.05) is 36.4 Å². The lowest BCUT2D eigenvalue weighted by atomic mass is 10.1. The van der Waals surface area contributed by atoms with Gasteiger partial charge in [-0.15, -0.1) is 0 Å². The Morgan fingerprint density at radius 1 is 1.25 bits per heavy atom. The van der Waals surface area contributed by atoms with Crippen LogP contribution in [0.1, 0.15) is 23.6 Å². The number of pyridine rings is 1. The minimum absolute atomic E-state index is 0.117. The zero-order valence-electron chi connectivity index (χ0n) is 13.1. The molecule has 0 aliphatic heterocycles. The van der Waals surface area contributed by atoms with Crippen LogP contribution in [-0.2, 0) is 11.2 Å². The number of carbonyl (C=O) groups excluding carboxylic acids is 1. The Labute approximate surface area is 144 Å². The molecule has 0 spiro atoms. The van der Waals surface area contributed by atoms with Gasteiger partial charge in [0.15, 0.2) is 5.03 Å². The van der Waals surface area contributed by atoms with Crippen LogP contribution in [0.4, 0.5) is 11.5 Å².